The maximum atomic E-state index is 12.4. The van der Waals surface area contributed by atoms with E-state index >= 15 is 0 Å². The lowest BCUT2D eigenvalue weighted by Gasteiger charge is -2.20. The van der Waals surface area contributed by atoms with E-state index in [1.54, 1.807) is 6.92 Å². The summed E-state index contributed by atoms with van der Waals surface area (Å²) < 4.78 is 5.11. The standard InChI is InChI=1S/C18H23NO3.C10H18O2/c20-17(11-10-14-6-4-5-7-14)19-16(13-22-18(19)21)12-15-8-2-1-3-9-15;1-8(12)10(7-11)6-9-4-2-3-5-9/h1-3,8-9,14,16H,4-7,10-13H2;9-11H,2-7H2,1H3/t16-;10-/m01/s1. The predicted molar refractivity (Wildman–Crippen MR) is 131 cm³/mol. The van der Waals surface area contributed by atoms with Crippen molar-refractivity contribution in [1.82, 2.24) is 4.90 Å². The first-order valence-electron chi connectivity index (χ1n) is 13.1. The van der Waals surface area contributed by atoms with E-state index in [1.165, 1.54) is 56.3 Å². The third-order valence-electron chi connectivity index (χ3n) is 7.67. The van der Waals surface area contributed by atoms with Crippen LogP contribution < -0.4 is 0 Å². The maximum absolute atomic E-state index is 12.4. The topological polar surface area (TPSA) is 83.9 Å². The molecule has 2 aliphatic carbocycles. The zero-order chi connectivity index (χ0) is 24.3. The van der Waals surface area contributed by atoms with Gasteiger partial charge in [-0.3, -0.25) is 9.59 Å². The minimum atomic E-state index is -0.475. The number of hydrogen-bond acceptors (Lipinski definition) is 5. The first-order valence-corrected chi connectivity index (χ1v) is 13.1. The molecule has 0 bridgehead atoms. The Hall–Kier alpha value is -2.21. The van der Waals surface area contributed by atoms with Crippen molar-refractivity contribution >= 4 is 17.8 Å². The fourth-order valence-corrected chi connectivity index (χ4v) is 5.57. The summed E-state index contributed by atoms with van der Waals surface area (Å²) in [5.41, 5.74) is 1.12. The van der Waals surface area contributed by atoms with Crippen LogP contribution in [0.1, 0.15) is 83.1 Å². The highest BCUT2D eigenvalue weighted by Gasteiger charge is 2.37. The Bertz CT molecular complexity index is 783. The summed E-state index contributed by atoms with van der Waals surface area (Å²) in [5.74, 6) is 1.34. The molecule has 0 radical (unpaired) electrons. The molecule has 6 nitrogen and oxygen atoms in total. The molecule has 0 unspecified atom stereocenters. The van der Waals surface area contributed by atoms with Crippen LogP contribution in [0.5, 0.6) is 0 Å². The van der Waals surface area contributed by atoms with Gasteiger partial charge in [-0.05, 0) is 43.6 Å². The van der Waals surface area contributed by atoms with E-state index < -0.39 is 6.09 Å². The van der Waals surface area contributed by atoms with Crippen LogP contribution >= 0.6 is 0 Å². The van der Waals surface area contributed by atoms with Crippen LogP contribution in [0.3, 0.4) is 0 Å². The van der Waals surface area contributed by atoms with E-state index in [-0.39, 0.29) is 30.3 Å². The highest BCUT2D eigenvalue weighted by atomic mass is 16.6. The van der Waals surface area contributed by atoms with Gasteiger partial charge in [-0.1, -0.05) is 81.7 Å². The summed E-state index contributed by atoms with van der Waals surface area (Å²) in [4.78, 5) is 36.7. The van der Waals surface area contributed by atoms with E-state index in [2.05, 4.69) is 0 Å². The molecule has 1 aromatic carbocycles. The Labute approximate surface area is 204 Å². The Balaban J connectivity index is 0.000000229. The normalized spacial score (nSPS) is 21.8. The summed E-state index contributed by atoms with van der Waals surface area (Å²) in [7, 11) is 0. The third kappa shape index (κ3) is 7.93. The quantitative estimate of drug-likeness (QED) is 0.528. The molecule has 4 rings (SSSR count). The number of carbonyl (C=O) groups excluding carboxylic acids is 3. The number of rotatable bonds is 9. The number of hydrogen-bond donors (Lipinski definition) is 1. The number of benzene rings is 1. The molecular formula is C28H41NO5. The Morgan fingerprint density at radius 1 is 1.03 bits per heavy atom. The van der Waals surface area contributed by atoms with Crippen molar-refractivity contribution in [2.24, 2.45) is 17.8 Å². The van der Waals surface area contributed by atoms with Crippen LogP contribution in [0, 0.1) is 17.8 Å². The molecule has 6 heteroatoms. The SMILES string of the molecule is CC(=O)[C@@H](CO)CC1CCCC1.O=C(CCC1CCCC1)N1C(=O)OC[C@@H]1Cc1ccccc1. The zero-order valence-corrected chi connectivity index (χ0v) is 20.6. The number of carbonyl (C=O) groups is 3. The first-order chi connectivity index (χ1) is 16.5. The van der Waals surface area contributed by atoms with Gasteiger partial charge >= 0.3 is 6.09 Å². The molecule has 1 heterocycles. The van der Waals surface area contributed by atoms with Gasteiger partial charge < -0.3 is 9.84 Å². The number of nitrogens with zero attached hydrogens (tertiary/aromatic N) is 1. The number of Topliss-reactive ketones (excluding diaryl/α,β-unsaturated/α-hetero) is 1. The van der Waals surface area contributed by atoms with Crippen LogP contribution in [0.2, 0.25) is 0 Å². The van der Waals surface area contributed by atoms with Crippen LogP contribution in [0.15, 0.2) is 30.3 Å². The van der Waals surface area contributed by atoms with Crippen LogP contribution in [-0.4, -0.2) is 47.0 Å². The molecule has 0 aromatic heterocycles. The number of ketones is 1. The lowest BCUT2D eigenvalue weighted by Crippen LogP contribution is -2.40. The smallest absolute Gasteiger partial charge is 0.416 e. The van der Waals surface area contributed by atoms with Crippen molar-refractivity contribution in [3.05, 3.63) is 35.9 Å². The van der Waals surface area contributed by atoms with Gasteiger partial charge in [0.2, 0.25) is 5.91 Å². The summed E-state index contributed by atoms with van der Waals surface area (Å²) in [6, 6.07) is 9.78. The number of cyclic esters (lactones) is 1. The maximum Gasteiger partial charge on any atom is 0.416 e. The minimum absolute atomic E-state index is 0.0336. The molecule has 1 aromatic rings. The van der Waals surface area contributed by atoms with Crippen molar-refractivity contribution < 1.29 is 24.2 Å². The molecule has 2 atom stereocenters. The second-order valence-corrected chi connectivity index (χ2v) is 10.2. The molecule has 0 spiro atoms. The van der Waals surface area contributed by atoms with Crippen molar-refractivity contribution in [3.63, 3.8) is 0 Å². The zero-order valence-electron chi connectivity index (χ0n) is 20.6. The van der Waals surface area contributed by atoms with Gasteiger partial charge in [-0.2, -0.15) is 0 Å². The average Bonchev–Trinajstić information content (AvgIpc) is 3.60. The molecular weight excluding hydrogens is 430 g/mol. The molecule has 1 aliphatic heterocycles. The second kappa shape index (κ2) is 13.6. The lowest BCUT2D eigenvalue weighted by molar-refractivity contribution is -0.129. The van der Waals surface area contributed by atoms with E-state index in [0.717, 1.165) is 18.4 Å². The number of imide groups is 1. The highest BCUT2D eigenvalue weighted by Crippen LogP contribution is 2.31. The van der Waals surface area contributed by atoms with Crippen LogP contribution in [0.25, 0.3) is 0 Å². The molecule has 1 N–H and O–H groups in total. The number of aliphatic hydroxyl groups excluding tert-OH is 1. The Morgan fingerprint density at radius 3 is 2.24 bits per heavy atom. The summed E-state index contributed by atoms with van der Waals surface area (Å²) in [6.07, 6.45) is 12.6. The fourth-order valence-electron chi connectivity index (χ4n) is 5.57. The Kier molecular flexibility index (Phi) is 10.6. The van der Waals surface area contributed by atoms with E-state index in [9.17, 15) is 14.4 Å². The monoisotopic (exact) mass is 471 g/mol. The first kappa shape index (κ1) is 26.4. The van der Waals surface area contributed by atoms with Gasteiger partial charge in [-0.25, -0.2) is 9.69 Å². The van der Waals surface area contributed by atoms with Crippen molar-refractivity contribution in [3.8, 4) is 0 Å². The molecule has 188 valence electrons. The third-order valence-corrected chi connectivity index (χ3v) is 7.67. The molecule has 3 fully saturated rings. The Morgan fingerprint density at radius 2 is 1.65 bits per heavy atom. The second-order valence-electron chi connectivity index (χ2n) is 10.2. The number of amides is 2. The predicted octanol–water partition coefficient (Wildman–Crippen LogP) is 5.31. The van der Waals surface area contributed by atoms with Gasteiger partial charge in [0, 0.05) is 12.3 Å². The molecule has 3 aliphatic rings. The van der Waals surface area contributed by atoms with Crippen LogP contribution in [0.4, 0.5) is 4.79 Å². The van der Waals surface area contributed by atoms with E-state index in [0.29, 0.717) is 31.3 Å². The van der Waals surface area contributed by atoms with Crippen molar-refractivity contribution in [2.45, 2.75) is 90.0 Å². The van der Waals surface area contributed by atoms with Crippen LogP contribution in [-0.2, 0) is 20.7 Å². The van der Waals surface area contributed by atoms with Gasteiger partial charge in [0.1, 0.15) is 12.4 Å². The van der Waals surface area contributed by atoms with Gasteiger partial charge in [0.15, 0.2) is 0 Å². The molecule has 2 saturated carbocycles. The van der Waals surface area contributed by atoms with E-state index in [1.807, 2.05) is 30.3 Å². The number of aliphatic hydroxyl groups is 1. The van der Waals surface area contributed by atoms with E-state index in [4.69, 9.17) is 9.84 Å². The van der Waals surface area contributed by atoms with Gasteiger partial charge in [0.05, 0.1) is 12.6 Å². The average molecular weight is 472 g/mol. The molecule has 2 amide bonds. The van der Waals surface area contributed by atoms with Gasteiger partial charge in [-0.15, -0.1) is 0 Å². The summed E-state index contributed by atoms with van der Waals surface area (Å²) in [6.45, 7) is 1.92. The minimum Gasteiger partial charge on any atom is -0.447 e. The summed E-state index contributed by atoms with van der Waals surface area (Å²) >= 11 is 0. The van der Waals surface area contributed by atoms with Crippen molar-refractivity contribution in [1.29, 1.82) is 0 Å². The summed E-state index contributed by atoms with van der Waals surface area (Å²) in [5, 5.41) is 8.94. The molecule has 34 heavy (non-hydrogen) atoms. The van der Waals surface area contributed by atoms with Gasteiger partial charge in [0.25, 0.3) is 0 Å². The highest BCUT2D eigenvalue weighted by molar-refractivity contribution is 5.93. The largest absolute Gasteiger partial charge is 0.447 e. The van der Waals surface area contributed by atoms with Crippen molar-refractivity contribution in [2.75, 3.05) is 13.2 Å². The fraction of sp³-hybridized carbons (Fsp3) is 0.679. The molecule has 1 saturated heterocycles. The lowest BCUT2D eigenvalue weighted by atomic mass is 9.91. The number of ether oxygens (including phenoxy) is 1.